The Morgan fingerprint density at radius 1 is 0.367 bits per heavy atom. The molecule has 0 bridgehead atoms. The van der Waals surface area contributed by atoms with E-state index in [1.54, 1.807) is 0 Å². The van der Waals surface area contributed by atoms with Crippen LogP contribution in [0.1, 0.15) is 0 Å². The molecule has 0 saturated heterocycles. The maximum absolute atomic E-state index is 3.50. The Morgan fingerprint density at radius 2 is 0.600 bits per heavy atom. The van der Waals surface area contributed by atoms with E-state index in [1.807, 2.05) is 22.7 Å². The first-order chi connectivity index (χ1) is 14.5. The summed E-state index contributed by atoms with van der Waals surface area (Å²) >= 11 is 17.7. The van der Waals surface area contributed by atoms with Gasteiger partial charge in [0.05, 0.1) is 0 Å². The van der Waals surface area contributed by atoms with Gasteiger partial charge >= 0.3 is 0 Å². The first-order valence-electron chi connectivity index (χ1n) is 9.02. The van der Waals surface area contributed by atoms with Gasteiger partial charge in [-0.1, -0.05) is 88.0 Å². The highest BCUT2D eigenvalue weighted by atomic mass is 79.9. The Kier molecular flexibility index (Phi) is 6.08. The van der Waals surface area contributed by atoms with E-state index in [9.17, 15) is 0 Å². The van der Waals surface area contributed by atoms with E-state index in [0.29, 0.717) is 0 Å². The molecule has 30 heavy (non-hydrogen) atoms. The first kappa shape index (κ1) is 21.1. The SMILES string of the molecule is Brc1ccc2c(c1)sc1cc(Br)ccc12.Brc1ccc2c(c1)sc1cc(Br)ccc12. The van der Waals surface area contributed by atoms with Gasteiger partial charge < -0.3 is 0 Å². The van der Waals surface area contributed by atoms with Crippen LogP contribution >= 0.6 is 86.4 Å². The summed E-state index contributed by atoms with van der Waals surface area (Å²) < 4.78 is 9.88. The van der Waals surface area contributed by atoms with Crippen molar-refractivity contribution in [3.8, 4) is 0 Å². The van der Waals surface area contributed by atoms with Gasteiger partial charge in [-0.25, -0.2) is 0 Å². The molecule has 0 fully saturated rings. The monoisotopic (exact) mass is 680 g/mol. The maximum atomic E-state index is 3.50. The van der Waals surface area contributed by atoms with Crippen molar-refractivity contribution in [2.45, 2.75) is 0 Å². The van der Waals surface area contributed by atoms with Crippen LogP contribution in [-0.2, 0) is 0 Å². The van der Waals surface area contributed by atoms with Crippen molar-refractivity contribution >= 4 is 127 Å². The number of hydrogen-bond donors (Lipinski definition) is 0. The summed E-state index contributed by atoms with van der Waals surface area (Å²) in [4.78, 5) is 0. The highest BCUT2D eigenvalue weighted by molar-refractivity contribution is 9.11. The first-order valence-corrected chi connectivity index (χ1v) is 13.8. The predicted octanol–water partition coefficient (Wildman–Crippen LogP) is 11.2. The maximum Gasteiger partial charge on any atom is 0.0366 e. The highest BCUT2D eigenvalue weighted by Gasteiger charge is 2.06. The van der Waals surface area contributed by atoms with Crippen LogP contribution in [-0.4, -0.2) is 0 Å². The van der Waals surface area contributed by atoms with Crippen LogP contribution in [0, 0.1) is 0 Å². The summed E-state index contributed by atoms with van der Waals surface area (Å²) in [5.74, 6) is 0. The summed E-state index contributed by atoms with van der Waals surface area (Å²) in [6.07, 6.45) is 0. The Balaban J connectivity index is 0.000000128. The van der Waals surface area contributed by atoms with E-state index in [-0.39, 0.29) is 0 Å². The number of halogens is 4. The third-order valence-electron chi connectivity index (χ3n) is 4.79. The van der Waals surface area contributed by atoms with E-state index >= 15 is 0 Å². The lowest BCUT2D eigenvalue weighted by molar-refractivity contribution is 1.76. The van der Waals surface area contributed by atoms with Gasteiger partial charge in [-0.05, 0) is 48.5 Å². The van der Waals surface area contributed by atoms with Gasteiger partial charge in [0.25, 0.3) is 0 Å². The van der Waals surface area contributed by atoms with Crippen molar-refractivity contribution in [3.63, 3.8) is 0 Å². The van der Waals surface area contributed by atoms with Crippen molar-refractivity contribution in [3.05, 3.63) is 90.7 Å². The molecule has 0 aliphatic carbocycles. The molecule has 2 heterocycles. The molecule has 148 valence electrons. The molecule has 0 nitrogen and oxygen atoms in total. The Labute approximate surface area is 215 Å². The van der Waals surface area contributed by atoms with Crippen molar-refractivity contribution in [1.82, 2.24) is 0 Å². The average Bonchev–Trinajstić information content (AvgIpc) is 3.23. The Hall–Kier alpha value is -0.760. The van der Waals surface area contributed by atoms with E-state index in [1.165, 1.54) is 40.3 Å². The summed E-state index contributed by atoms with van der Waals surface area (Å²) in [6, 6.07) is 25.8. The van der Waals surface area contributed by atoms with Crippen LogP contribution in [0.2, 0.25) is 0 Å². The molecule has 0 saturated carbocycles. The molecule has 0 spiro atoms. The lowest BCUT2D eigenvalue weighted by atomic mass is 10.2. The lowest BCUT2D eigenvalue weighted by Crippen LogP contribution is -1.67. The fraction of sp³-hybridized carbons (Fsp3) is 0. The topological polar surface area (TPSA) is 0 Å². The molecule has 0 N–H and O–H groups in total. The van der Waals surface area contributed by atoms with Crippen LogP contribution in [0.5, 0.6) is 0 Å². The molecule has 4 aromatic carbocycles. The van der Waals surface area contributed by atoms with E-state index in [0.717, 1.165) is 17.9 Å². The van der Waals surface area contributed by atoms with E-state index in [4.69, 9.17) is 0 Å². The van der Waals surface area contributed by atoms with Crippen LogP contribution in [0.4, 0.5) is 0 Å². The zero-order valence-electron chi connectivity index (χ0n) is 15.3. The summed E-state index contributed by atoms with van der Waals surface area (Å²) in [6.45, 7) is 0. The second-order valence-corrected chi connectivity index (χ2v) is 12.6. The zero-order chi connectivity index (χ0) is 20.8. The Bertz CT molecular complexity index is 1320. The fourth-order valence-corrected chi connectivity index (χ4v) is 7.87. The minimum absolute atomic E-state index is 1.14. The van der Waals surface area contributed by atoms with Gasteiger partial charge in [0, 0.05) is 58.2 Å². The smallest absolute Gasteiger partial charge is 0.0366 e. The molecular weight excluding hydrogens is 672 g/mol. The fourth-order valence-electron chi connectivity index (χ4n) is 3.45. The molecule has 0 aliphatic heterocycles. The van der Waals surface area contributed by atoms with Crippen LogP contribution in [0.3, 0.4) is 0 Å². The standard InChI is InChI=1S/2C12H6Br2S/c2*13-7-1-3-9-10-4-2-8(14)6-12(10)15-11(9)5-7/h2*1-6H. The molecule has 0 aliphatic rings. The number of thiophene rings is 2. The van der Waals surface area contributed by atoms with Crippen LogP contribution in [0.15, 0.2) is 90.7 Å². The molecule has 0 radical (unpaired) electrons. The minimum Gasteiger partial charge on any atom is -0.135 e. The molecule has 6 aromatic rings. The third-order valence-corrected chi connectivity index (χ3v) is 9.00. The third kappa shape index (κ3) is 4.15. The summed E-state index contributed by atoms with van der Waals surface area (Å²) in [5, 5.41) is 5.35. The molecule has 2 aromatic heterocycles. The molecule has 6 rings (SSSR count). The lowest BCUT2D eigenvalue weighted by Gasteiger charge is -1.92. The highest BCUT2D eigenvalue weighted by Crippen LogP contribution is 2.37. The molecule has 0 atom stereocenters. The van der Waals surface area contributed by atoms with Gasteiger partial charge in [-0.15, -0.1) is 22.7 Å². The van der Waals surface area contributed by atoms with E-state index < -0.39 is 0 Å². The van der Waals surface area contributed by atoms with Crippen molar-refractivity contribution in [1.29, 1.82) is 0 Å². The van der Waals surface area contributed by atoms with Gasteiger partial charge in [-0.3, -0.25) is 0 Å². The van der Waals surface area contributed by atoms with Crippen LogP contribution in [0.25, 0.3) is 40.3 Å². The predicted molar refractivity (Wildman–Crippen MR) is 149 cm³/mol. The second kappa shape index (κ2) is 8.64. The van der Waals surface area contributed by atoms with Gasteiger partial charge in [0.2, 0.25) is 0 Å². The number of benzene rings is 4. The number of rotatable bonds is 0. The largest absolute Gasteiger partial charge is 0.135 e. The van der Waals surface area contributed by atoms with Crippen LogP contribution < -0.4 is 0 Å². The average molecular weight is 684 g/mol. The van der Waals surface area contributed by atoms with Crippen molar-refractivity contribution in [2.24, 2.45) is 0 Å². The molecular formula is C24H12Br4S2. The quantitative estimate of drug-likeness (QED) is 0.149. The van der Waals surface area contributed by atoms with Gasteiger partial charge in [-0.2, -0.15) is 0 Å². The normalized spacial score (nSPS) is 11.3. The zero-order valence-corrected chi connectivity index (χ0v) is 23.2. The number of hydrogen-bond acceptors (Lipinski definition) is 2. The number of fused-ring (bicyclic) bond motifs is 6. The van der Waals surface area contributed by atoms with E-state index in [2.05, 4.69) is 137 Å². The van der Waals surface area contributed by atoms with Crippen molar-refractivity contribution < 1.29 is 0 Å². The summed E-state index contributed by atoms with van der Waals surface area (Å²) in [5.41, 5.74) is 0. The second-order valence-electron chi connectivity index (χ2n) is 6.77. The molecule has 0 amide bonds. The Morgan fingerprint density at radius 3 is 0.833 bits per heavy atom. The minimum atomic E-state index is 1.14. The summed E-state index contributed by atoms with van der Waals surface area (Å²) in [7, 11) is 0. The molecule has 6 heteroatoms. The van der Waals surface area contributed by atoms with Gasteiger partial charge in [0.15, 0.2) is 0 Å². The van der Waals surface area contributed by atoms with Crippen molar-refractivity contribution in [2.75, 3.05) is 0 Å². The van der Waals surface area contributed by atoms with Gasteiger partial charge in [0.1, 0.15) is 0 Å². The molecule has 0 unspecified atom stereocenters.